The number of aliphatic hydroxyl groups is 1. The summed E-state index contributed by atoms with van der Waals surface area (Å²) in [5.74, 6) is -0.664. The van der Waals surface area contributed by atoms with Gasteiger partial charge in [0.2, 0.25) is 0 Å². The lowest BCUT2D eigenvalue weighted by Gasteiger charge is -2.13. The van der Waals surface area contributed by atoms with Gasteiger partial charge in [0.15, 0.2) is 0 Å². The van der Waals surface area contributed by atoms with Crippen molar-refractivity contribution in [3.05, 3.63) is 95.3 Å². The Bertz CT molecular complexity index is 1160. The Balaban J connectivity index is 1.75. The van der Waals surface area contributed by atoms with Gasteiger partial charge in [0, 0.05) is 17.7 Å². The standard InChI is InChI=1S/C32H37FO3/c1-4-5-6-8-24-10-12-25(13-11-24)28-16-17-30(31(33)22-28)29-15-14-26(18-19-34)27(21-29)9-7-20-36-32(35)23(2)3/h10-17,21-22,34H,2,4-9,18-20H2,1,3H3. The number of unbranched alkanes of at least 4 members (excludes halogenated alkanes) is 2. The lowest BCUT2D eigenvalue weighted by atomic mass is 9.93. The van der Waals surface area contributed by atoms with Gasteiger partial charge in [0.1, 0.15) is 5.82 Å². The van der Waals surface area contributed by atoms with Crippen molar-refractivity contribution in [2.24, 2.45) is 0 Å². The molecule has 190 valence electrons. The Labute approximate surface area is 214 Å². The predicted octanol–water partition coefficient (Wildman–Crippen LogP) is 7.48. The third kappa shape index (κ3) is 7.63. The number of carbonyl (C=O) groups excluding carboxylic acids is 1. The summed E-state index contributed by atoms with van der Waals surface area (Å²) in [5.41, 5.74) is 6.92. The minimum absolute atomic E-state index is 0.0391. The molecule has 0 spiro atoms. The van der Waals surface area contributed by atoms with Crippen molar-refractivity contribution in [1.29, 1.82) is 0 Å². The van der Waals surface area contributed by atoms with Crippen molar-refractivity contribution >= 4 is 5.97 Å². The average molecular weight is 489 g/mol. The summed E-state index contributed by atoms with van der Waals surface area (Å²) in [7, 11) is 0. The molecule has 3 aromatic rings. The quantitative estimate of drug-likeness (QED) is 0.154. The van der Waals surface area contributed by atoms with E-state index in [0.29, 0.717) is 30.4 Å². The van der Waals surface area contributed by atoms with E-state index in [0.717, 1.165) is 34.2 Å². The van der Waals surface area contributed by atoms with Crippen LogP contribution in [-0.4, -0.2) is 24.3 Å². The highest BCUT2D eigenvalue weighted by molar-refractivity contribution is 5.86. The number of rotatable bonds is 13. The van der Waals surface area contributed by atoms with E-state index in [1.807, 2.05) is 30.3 Å². The van der Waals surface area contributed by atoms with Gasteiger partial charge in [0.05, 0.1) is 6.61 Å². The minimum atomic E-state index is -0.396. The molecule has 0 unspecified atom stereocenters. The third-order valence-electron chi connectivity index (χ3n) is 6.40. The van der Waals surface area contributed by atoms with Crippen molar-refractivity contribution in [2.45, 2.75) is 58.8 Å². The van der Waals surface area contributed by atoms with Crippen LogP contribution in [0.25, 0.3) is 22.3 Å². The second-order valence-electron chi connectivity index (χ2n) is 9.33. The average Bonchev–Trinajstić information content (AvgIpc) is 2.88. The summed E-state index contributed by atoms with van der Waals surface area (Å²) in [6.07, 6.45) is 6.54. The molecule has 0 heterocycles. The van der Waals surface area contributed by atoms with Gasteiger partial charge in [-0.25, -0.2) is 9.18 Å². The summed E-state index contributed by atoms with van der Waals surface area (Å²) in [6, 6.07) is 19.6. The number of halogens is 1. The molecule has 0 fully saturated rings. The number of aliphatic hydroxyl groups excluding tert-OH is 1. The number of carbonyl (C=O) groups is 1. The van der Waals surface area contributed by atoms with Gasteiger partial charge in [-0.05, 0) is 78.5 Å². The SMILES string of the molecule is C=C(C)C(=O)OCCCc1cc(-c2ccc(-c3ccc(CCCCC)cc3)cc2F)ccc1CCO. The molecule has 36 heavy (non-hydrogen) atoms. The third-order valence-corrected chi connectivity index (χ3v) is 6.40. The fraction of sp³-hybridized carbons (Fsp3) is 0.344. The fourth-order valence-electron chi connectivity index (χ4n) is 4.31. The van der Waals surface area contributed by atoms with E-state index in [1.165, 1.54) is 24.8 Å². The molecule has 0 aliphatic rings. The maximum Gasteiger partial charge on any atom is 0.333 e. The second-order valence-corrected chi connectivity index (χ2v) is 9.33. The van der Waals surface area contributed by atoms with E-state index in [2.05, 4.69) is 37.8 Å². The molecule has 0 bridgehead atoms. The summed E-state index contributed by atoms with van der Waals surface area (Å²) in [6.45, 7) is 7.74. The molecule has 0 aliphatic carbocycles. The van der Waals surface area contributed by atoms with Crippen LogP contribution in [0.2, 0.25) is 0 Å². The Morgan fingerprint density at radius 3 is 2.25 bits per heavy atom. The molecular weight excluding hydrogens is 451 g/mol. The van der Waals surface area contributed by atoms with Crippen molar-refractivity contribution in [1.82, 2.24) is 0 Å². The monoisotopic (exact) mass is 488 g/mol. The lowest BCUT2D eigenvalue weighted by molar-refractivity contribution is -0.139. The van der Waals surface area contributed by atoms with E-state index in [4.69, 9.17) is 4.74 Å². The molecule has 3 aromatic carbocycles. The van der Waals surface area contributed by atoms with E-state index in [-0.39, 0.29) is 19.0 Å². The van der Waals surface area contributed by atoms with E-state index in [1.54, 1.807) is 13.0 Å². The number of benzene rings is 3. The predicted molar refractivity (Wildman–Crippen MR) is 145 cm³/mol. The fourth-order valence-corrected chi connectivity index (χ4v) is 4.31. The van der Waals surface area contributed by atoms with E-state index < -0.39 is 5.97 Å². The van der Waals surface area contributed by atoms with Crippen molar-refractivity contribution in [3.8, 4) is 22.3 Å². The van der Waals surface area contributed by atoms with Gasteiger partial charge in [-0.1, -0.05) is 80.9 Å². The zero-order valence-electron chi connectivity index (χ0n) is 21.5. The number of ether oxygens (including phenoxy) is 1. The first kappa shape index (κ1) is 27.3. The van der Waals surface area contributed by atoms with Crippen LogP contribution >= 0.6 is 0 Å². The first-order valence-corrected chi connectivity index (χ1v) is 12.9. The molecule has 0 saturated heterocycles. The van der Waals surface area contributed by atoms with Crippen LogP contribution < -0.4 is 0 Å². The van der Waals surface area contributed by atoms with Gasteiger partial charge < -0.3 is 9.84 Å². The molecule has 3 rings (SSSR count). The number of esters is 1. The molecule has 0 saturated carbocycles. The summed E-state index contributed by atoms with van der Waals surface area (Å²) < 4.78 is 20.5. The van der Waals surface area contributed by atoms with Crippen LogP contribution in [-0.2, 0) is 28.8 Å². The van der Waals surface area contributed by atoms with Gasteiger partial charge in [-0.15, -0.1) is 0 Å². The maximum absolute atomic E-state index is 15.3. The highest BCUT2D eigenvalue weighted by atomic mass is 19.1. The van der Waals surface area contributed by atoms with Crippen molar-refractivity contribution in [2.75, 3.05) is 13.2 Å². The molecule has 0 aromatic heterocycles. The normalized spacial score (nSPS) is 10.9. The molecular formula is C32H37FO3. The molecule has 0 radical (unpaired) electrons. The number of hydrogen-bond acceptors (Lipinski definition) is 3. The maximum atomic E-state index is 15.3. The van der Waals surface area contributed by atoms with E-state index in [9.17, 15) is 9.90 Å². The Morgan fingerprint density at radius 2 is 1.58 bits per heavy atom. The van der Waals surface area contributed by atoms with Crippen LogP contribution in [0, 0.1) is 5.82 Å². The zero-order chi connectivity index (χ0) is 25.9. The minimum Gasteiger partial charge on any atom is -0.462 e. The Morgan fingerprint density at radius 1 is 0.861 bits per heavy atom. The number of aryl methyl sites for hydroxylation is 2. The van der Waals surface area contributed by atoms with Gasteiger partial charge >= 0.3 is 5.97 Å². The summed E-state index contributed by atoms with van der Waals surface area (Å²) in [5, 5.41) is 9.45. The second kappa shape index (κ2) is 13.7. The lowest BCUT2D eigenvalue weighted by Crippen LogP contribution is -2.07. The van der Waals surface area contributed by atoms with Crippen LogP contribution in [0.3, 0.4) is 0 Å². The highest BCUT2D eigenvalue weighted by Crippen LogP contribution is 2.30. The molecule has 0 atom stereocenters. The summed E-state index contributed by atoms with van der Waals surface area (Å²) in [4.78, 5) is 11.6. The van der Waals surface area contributed by atoms with Crippen LogP contribution in [0.4, 0.5) is 4.39 Å². The molecule has 0 aliphatic heterocycles. The Hall–Kier alpha value is -3.24. The molecule has 0 amide bonds. The van der Waals surface area contributed by atoms with Gasteiger partial charge in [0.25, 0.3) is 0 Å². The van der Waals surface area contributed by atoms with Crippen LogP contribution in [0.5, 0.6) is 0 Å². The van der Waals surface area contributed by atoms with Crippen molar-refractivity contribution in [3.63, 3.8) is 0 Å². The first-order chi connectivity index (χ1) is 17.4. The summed E-state index contributed by atoms with van der Waals surface area (Å²) >= 11 is 0. The molecule has 3 nitrogen and oxygen atoms in total. The zero-order valence-corrected chi connectivity index (χ0v) is 21.5. The van der Waals surface area contributed by atoms with Crippen LogP contribution in [0.1, 0.15) is 56.2 Å². The topological polar surface area (TPSA) is 46.5 Å². The van der Waals surface area contributed by atoms with Crippen molar-refractivity contribution < 1.29 is 19.0 Å². The first-order valence-electron chi connectivity index (χ1n) is 12.9. The van der Waals surface area contributed by atoms with Gasteiger partial charge in [-0.2, -0.15) is 0 Å². The molecule has 1 N–H and O–H groups in total. The molecule has 4 heteroatoms. The van der Waals surface area contributed by atoms with Gasteiger partial charge in [-0.3, -0.25) is 0 Å². The largest absolute Gasteiger partial charge is 0.462 e. The van der Waals surface area contributed by atoms with E-state index >= 15 is 4.39 Å². The van der Waals surface area contributed by atoms with Crippen LogP contribution in [0.15, 0.2) is 72.8 Å². The Kier molecular flexibility index (Phi) is 10.4. The number of hydrogen-bond donors (Lipinski definition) is 1. The smallest absolute Gasteiger partial charge is 0.333 e. The highest BCUT2D eigenvalue weighted by Gasteiger charge is 2.11.